The second kappa shape index (κ2) is 9.17. The molecule has 3 aromatic rings. The summed E-state index contributed by atoms with van der Waals surface area (Å²) in [5, 5.41) is 10.6. The quantitative estimate of drug-likeness (QED) is 0.589. The number of carbonyl (C=O) groups is 1. The average molecular weight is 445 g/mol. The summed E-state index contributed by atoms with van der Waals surface area (Å²) in [7, 11) is 0. The fourth-order valence-electron chi connectivity index (χ4n) is 4.37. The summed E-state index contributed by atoms with van der Waals surface area (Å²) in [6.45, 7) is 4.98. The lowest BCUT2D eigenvalue weighted by Crippen LogP contribution is -2.45. The summed E-state index contributed by atoms with van der Waals surface area (Å²) in [6, 6.07) is 19.5. The van der Waals surface area contributed by atoms with E-state index >= 15 is 0 Å². The maximum Gasteiger partial charge on any atom is 0.231 e. The molecule has 1 N–H and O–H groups in total. The summed E-state index contributed by atoms with van der Waals surface area (Å²) in [6.07, 6.45) is 1.54. The van der Waals surface area contributed by atoms with Crippen molar-refractivity contribution in [2.24, 2.45) is 0 Å². The zero-order chi connectivity index (χ0) is 22.8. The van der Waals surface area contributed by atoms with Crippen LogP contribution in [0.1, 0.15) is 27.0 Å². The van der Waals surface area contributed by atoms with Crippen molar-refractivity contribution < 1.29 is 19.0 Å². The summed E-state index contributed by atoms with van der Waals surface area (Å²) in [4.78, 5) is 17.5. The zero-order valence-corrected chi connectivity index (χ0v) is 18.2. The Morgan fingerprint density at radius 2 is 1.64 bits per heavy atom. The second-order valence-electron chi connectivity index (χ2n) is 8.47. The van der Waals surface area contributed by atoms with Crippen LogP contribution in [0.2, 0.25) is 0 Å². The van der Waals surface area contributed by atoms with E-state index in [0.29, 0.717) is 29.0 Å². The summed E-state index contributed by atoms with van der Waals surface area (Å²) >= 11 is 0. The van der Waals surface area contributed by atoms with E-state index in [1.165, 1.54) is 23.8 Å². The van der Waals surface area contributed by atoms with Gasteiger partial charge in [-0.05, 0) is 41.5 Å². The number of hydrogen-bond acceptors (Lipinski definition) is 5. The van der Waals surface area contributed by atoms with Gasteiger partial charge in [-0.3, -0.25) is 14.6 Å². The fourth-order valence-corrected chi connectivity index (χ4v) is 4.37. The second-order valence-corrected chi connectivity index (χ2v) is 8.47. The first-order chi connectivity index (χ1) is 16.1. The van der Waals surface area contributed by atoms with Crippen LogP contribution >= 0.6 is 0 Å². The molecule has 5 rings (SSSR count). The molecular weight excluding hydrogens is 419 g/mol. The number of rotatable bonds is 5. The number of fused-ring (bicyclic) bond motifs is 1. The molecular formula is C27H25FN2O3. The molecule has 2 aliphatic heterocycles. The van der Waals surface area contributed by atoms with E-state index in [1.807, 2.05) is 6.07 Å². The third-order valence-electron chi connectivity index (χ3n) is 6.16. The van der Waals surface area contributed by atoms with Gasteiger partial charge in [0.1, 0.15) is 17.3 Å². The fraction of sp³-hybridized carbons (Fsp3) is 0.222. The standard InChI is InChI=1S/C27H25FN2O3/c28-21-8-4-7-20(15-21)16-25-26(32)22-9-10-24(31)23(27(22)33-25)18-30-13-11-29(12-14-30)17-19-5-2-1-3-6-19/h1-10,15-16,31H,11-14,17-18H2/b25-16-. The first-order valence-corrected chi connectivity index (χ1v) is 11.1. The van der Waals surface area contributed by atoms with Crippen LogP contribution in [0.4, 0.5) is 4.39 Å². The number of Topliss-reactive ketones (excluding diaryl/α,β-unsaturated/α-hetero) is 1. The number of carbonyl (C=O) groups excluding carboxylic acids is 1. The highest BCUT2D eigenvalue weighted by Gasteiger charge is 2.32. The number of benzene rings is 3. The molecule has 0 aliphatic carbocycles. The van der Waals surface area contributed by atoms with Crippen molar-refractivity contribution in [2.45, 2.75) is 13.1 Å². The van der Waals surface area contributed by atoms with E-state index in [1.54, 1.807) is 24.3 Å². The number of aromatic hydroxyl groups is 1. The molecule has 0 spiro atoms. The van der Waals surface area contributed by atoms with Gasteiger partial charge in [0.25, 0.3) is 0 Å². The first-order valence-electron chi connectivity index (χ1n) is 11.1. The molecule has 0 radical (unpaired) electrons. The SMILES string of the molecule is O=C1/C(=C/c2cccc(F)c2)Oc2c1ccc(O)c2CN1CCN(Cc2ccccc2)CC1. The van der Waals surface area contributed by atoms with Crippen LogP contribution in [0.5, 0.6) is 11.5 Å². The van der Waals surface area contributed by atoms with E-state index in [2.05, 4.69) is 34.1 Å². The highest BCUT2D eigenvalue weighted by atomic mass is 19.1. The predicted molar refractivity (Wildman–Crippen MR) is 124 cm³/mol. The lowest BCUT2D eigenvalue weighted by Gasteiger charge is -2.35. The molecule has 1 fully saturated rings. The Morgan fingerprint density at radius 3 is 2.36 bits per heavy atom. The van der Waals surface area contributed by atoms with Gasteiger partial charge in [0, 0.05) is 39.3 Å². The number of ketones is 1. The van der Waals surface area contributed by atoms with Gasteiger partial charge in [-0.2, -0.15) is 0 Å². The van der Waals surface area contributed by atoms with Crippen molar-refractivity contribution >= 4 is 11.9 Å². The van der Waals surface area contributed by atoms with Crippen LogP contribution in [0.3, 0.4) is 0 Å². The molecule has 168 valence electrons. The minimum atomic E-state index is -0.378. The van der Waals surface area contributed by atoms with Crippen LogP contribution in [0, 0.1) is 5.82 Å². The molecule has 33 heavy (non-hydrogen) atoms. The molecule has 5 nitrogen and oxygen atoms in total. The highest BCUT2D eigenvalue weighted by molar-refractivity contribution is 6.15. The van der Waals surface area contributed by atoms with E-state index in [0.717, 1.165) is 32.7 Å². The van der Waals surface area contributed by atoms with Crippen LogP contribution in [-0.2, 0) is 13.1 Å². The number of halogens is 1. The van der Waals surface area contributed by atoms with Crippen molar-refractivity contribution in [1.29, 1.82) is 0 Å². The molecule has 2 aliphatic rings. The average Bonchev–Trinajstić information content (AvgIpc) is 3.13. The number of hydrogen-bond donors (Lipinski definition) is 1. The molecule has 0 saturated carbocycles. The van der Waals surface area contributed by atoms with Gasteiger partial charge in [-0.1, -0.05) is 42.5 Å². The van der Waals surface area contributed by atoms with Crippen molar-refractivity contribution in [3.8, 4) is 11.5 Å². The van der Waals surface area contributed by atoms with Crippen molar-refractivity contribution in [1.82, 2.24) is 9.80 Å². The zero-order valence-electron chi connectivity index (χ0n) is 18.2. The van der Waals surface area contributed by atoms with Crippen molar-refractivity contribution in [3.05, 3.63) is 101 Å². The third-order valence-corrected chi connectivity index (χ3v) is 6.16. The number of ether oxygens (including phenoxy) is 1. The van der Waals surface area contributed by atoms with Gasteiger partial charge in [-0.25, -0.2) is 4.39 Å². The molecule has 6 heteroatoms. The maximum atomic E-state index is 13.5. The molecule has 0 aromatic heterocycles. The van der Waals surface area contributed by atoms with E-state index in [4.69, 9.17) is 4.74 Å². The van der Waals surface area contributed by atoms with Crippen LogP contribution in [0.15, 0.2) is 72.5 Å². The number of allylic oxidation sites excluding steroid dienone is 1. The van der Waals surface area contributed by atoms with Gasteiger partial charge in [0.15, 0.2) is 5.76 Å². The summed E-state index contributed by atoms with van der Waals surface area (Å²) in [5.74, 6) is 0.00464. The first kappa shape index (κ1) is 21.4. The maximum absolute atomic E-state index is 13.5. The van der Waals surface area contributed by atoms with E-state index in [-0.39, 0.29) is 23.1 Å². The number of piperazine rings is 1. The van der Waals surface area contributed by atoms with E-state index in [9.17, 15) is 14.3 Å². The van der Waals surface area contributed by atoms with Crippen LogP contribution in [-0.4, -0.2) is 46.9 Å². The minimum absolute atomic E-state index is 0.111. The number of nitrogens with zero attached hydrogens (tertiary/aromatic N) is 2. The molecule has 0 amide bonds. The summed E-state index contributed by atoms with van der Waals surface area (Å²) < 4.78 is 19.4. The Labute approximate surface area is 192 Å². The molecule has 0 unspecified atom stereocenters. The summed E-state index contributed by atoms with van der Waals surface area (Å²) in [5.41, 5.74) is 2.88. The highest BCUT2D eigenvalue weighted by Crippen LogP contribution is 2.40. The monoisotopic (exact) mass is 444 g/mol. The lowest BCUT2D eigenvalue weighted by atomic mass is 10.0. The van der Waals surface area contributed by atoms with Crippen LogP contribution < -0.4 is 4.74 Å². The predicted octanol–water partition coefficient (Wildman–Crippen LogP) is 4.47. The normalized spacial score (nSPS) is 17.8. The van der Waals surface area contributed by atoms with Gasteiger partial charge in [-0.15, -0.1) is 0 Å². The number of phenols is 1. The van der Waals surface area contributed by atoms with Crippen molar-refractivity contribution in [2.75, 3.05) is 26.2 Å². The Bertz CT molecular complexity index is 1200. The smallest absolute Gasteiger partial charge is 0.231 e. The van der Waals surface area contributed by atoms with Gasteiger partial charge in [0.2, 0.25) is 5.78 Å². The molecule has 3 aromatic carbocycles. The van der Waals surface area contributed by atoms with Crippen molar-refractivity contribution in [3.63, 3.8) is 0 Å². The van der Waals surface area contributed by atoms with Crippen LogP contribution in [0.25, 0.3) is 6.08 Å². The topological polar surface area (TPSA) is 53.0 Å². The Balaban J connectivity index is 1.29. The van der Waals surface area contributed by atoms with Gasteiger partial charge >= 0.3 is 0 Å². The minimum Gasteiger partial charge on any atom is -0.507 e. The largest absolute Gasteiger partial charge is 0.507 e. The lowest BCUT2D eigenvalue weighted by molar-refractivity contribution is 0.101. The molecule has 2 heterocycles. The van der Waals surface area contributed by atoms with E-state index < -0.39 is 0 Å². The Hall–Kier alpha value is -3.48. The third kappa shape index (κ3) is 4.67. The van der Waals surface area contributed by atoms with Gasteiger partial charge < -0.3 is 9.84 Å². The molecule has 1 saturated heterocycles. The Morgan fingerprint density at radius 1 is 0.909 bits per heavy atom. The molecule has 0 bridgehead atoms. The Kier molecular flexibility index (Phi) is 5.94. The number of phenolic OH excluding ortho intramolecular Hbond substituents is 1. The van der Waals surface area contributed by atoms with Gasteiger partial charge in [0.05, 0.1) is 11.1 Å². The molecule has 0 atom stereocenters.